The molecule has 1 aliphatic heterocycles. The summed E-state index contributed by atoms with van der Waals surface area (Å²) in [4.78, 5) is 12.9. The maximum atomic E-state index is 13.3. The van der Waals surface area contributed by atoms with Gasteiger partial charge in [0.25, 0.3) is 15.9 Å². The molecule has 1 aliphatic rings. The molecule has 35 heavy (non-hydrogen) atoms. The van der Waals surface area contributed by atoms with Crippen LogP contribution in [0.2, 0.25) is 5.02 Å². The molecule has 176 valence electrons. The molecule has 0 atom stereocenters. The van der Waals surface area contributed by atoms with Crippen molar-refractivity contribution >= 4 is 39.4 Å². The van der Waals surface area contributed by atoms with Crippen LogP contribution in [0.4, 0.5) is 5.69 Å². The lowest BCUT2D eigenvalue weighted by atomic mass is 10.1. The number of amides is 1. The zero-order valence-corrected chi connectivity index (χ0v) is 20.2. The average molecular weight is 506 g/mol. The average Bonchev–Trinajstić information content (AvgIpc) is 3.22. The van der Waals surface area contributed by atoms with Gasteiger partial charge < -0.3 is 0 Å². The van der Waals surface area contributed by atoms with Crippen LogP contribution in [0.1, 0.15) is 5.56 Å². The minimum Gasteiger partial charge on any atom is -0.271 e. The van der Waals surface area contributed by atoms with Crippen LogP contribution in [-0.2, 0) is 21.4 Å². The number of hydrogen-bond donors (Lipinski definition) is 1. The largest absolute Gasteiger partial charge is 0.271 e. The number of aromatic nitrogens is 2. The number of anilines is 1. The number of carbonyl (C=O) groups excluding carboxylic acids is 1. The summed E-state index contributed by atoms with van der Waals surface area (Å²) in [6.07, 6.45) is 1.49. The fourth-order valence-corrected chi connectivity index (χ4v) is 5.61. The van der Waals surface area contributed by atoms with Crippen molar-refractivity contribution in [1.29, 1.82) is 0 Å². The Morgan fingerprint density at radius 3 is 2.57 bits per heavy atom. The van der Waals surface area contributed by atoms with E-state index in [0.29, 0.717) is 27.7 Å². The molecule has 3 aromatic carbocycles. The summed E-state index contributed by atoms with van der Waals surface area (Å²) >= 11 is 5.98. The van der Waals surface area contributed by atoms with E-state index < -0.39 is 15.9 Å². The van der Waals surface area contributed by atoms with Gasteiger partial charge in [-0.2, -0.15) is 10.2 Å². The molecule has 0 aliphatic carbocycles. The molecule has 10 heteroatoms. The van der Waals surface area contributed by atoms with Crippen LogP contribution in [0.15, 0.2) is 88.9 Å². The number of rotatable bonds is 5. The summed E-state index contributed by atoms with van der Waals surface area (Å²) in [5.74, 6) is -0.415. The Morgan fingerprint density at radius 1 is 1.06 bits per heavy atom. The molecule has 0 bridgehead atoms. The zero-order valence-electron chi connectivity index (χ0n) is 18.6. The topological polar surface area (TPSA) is 96.7 Å². The molecular formula is C25H20ClN5O3S. The number of benzene rings is 3. The fraction of sp³-hybridized carbons (Fsp3) is 0.0800. The normalized spacial score (nSPS) is 13.9. The third-order valence-corrected chi connectivity index (χ3v) is 7.67. The van der Waals surface area contributed by atoms with Gasteiger partial charge >= 0.3 is 0 Å². The van der Waals surface area contributed by atoms with Crippen molar-refractivity contribution in [3.05, 3.63) is 89.4 Å². The van der Waals surface area contributed by atoms with E-state index in [4.69, 9.17) is 11.6 Å². The van der Waals surface area contributed by atoms with Crippen LogP contribution in [0, 0.1) is 0 Å². The monoisotopic (exact) mass is 505 g/mol. The molecule has 1 N–H and O–H groups in total. The molecule has 0 saturated carbocycles. The maximum absolute atomic E-state index is 13.3. The summed E-state index contributed by atoms with van der Waals surface area (Å²) in [6.45, 7) is -0.162. The second-order valence-electron chi connectivity index (χ2n) is 7.89. The molecule has 5 rings (SSSR count). The zero-order chi connectivity index (χ0) is 24.6. The molecule has 1 aromatic heterocycles. The van der Waals surface area contributed by atoms with Crippen LogP contribution in [0.5, 0.6) is 0 Å². The van der Waals surface area contributed by atoms with Gasteiger partial charge in [0.05, 0.1) is 16.8 Å². The van der Waals surface area contributed by atoms with E-state index in [1.807, 2.05) is 36.4 Å². The molecular weight excluding hydrogens is 486 g/mol. The Balaban J connectivity index is 1.55. The first-order chi connectivity index (χ1) is 16.9. The summed E-state index contributed by atoms with van der Waals surface area (Å²) in [6, 6.07) is 23.0. The van der Waals surface area contributed by atoms with Crippen LogP contribution < -0.4 is 9.73 Å². The highest BCUT2D eigenvalue weighted by atomic mass is 35.5. The number of nitrogens with one attached hydrogen (secondary N) is 1. The fourth-order valence-electron chi connectivity index (χ4n) is 4.01. The minimum absolute atomic E-state index is 0.162. The standard InChI is InChI=1S/C25H20ClN5O3S/c1-30-25-23(18-9-3-2-4-10-18)29-31(24(25)20-12-5-6-13-21(20)35(30,33)34)16-22(32)28-27-15-17-8-7-11-19(26)14-17/h2-15H,16H2,1H3,(H,28,32)/b27-15+. The summed E-state index contributed by atoms with van der Waals surface area (Å²) in [5.41, 5.74) is 5.91. The van der Waals surface area contributed by atoms with Crippen LogP contribution >= 0.6 is 11.6 Å². The lowest BCUT2D eigenvalue weighted by Crippen LogP contribution is -2.31. The minimum atomic E-state index is -3.78. The maximum Gasteiger partial charge on any atom is 0.264 e. The Bertz CT molecular complexity index is 1570. The molecule has 4 aromatic rings. The number of sulfonamides is 1. The number of carbonyl (C=O) groups is 1. The van der Waals surface area contributed by atoms with Crippen molar-refractivity contribution in [1.82, 2.24) is 15.2 Å². The highest BCUT2D eigenvalue weighted by Crippen LogP contribution is 2.47. The highest BCUT2D eigenvalue weighted by Gasteiger charge is 2.38. The first-order valence-corrected chi connectivity index (χ1v) is 12.5. The number of fused-ring (bicyclic) bond motifs is 3. The van der Waals surface area contributed by atoms with Gasteiger partial charge in [-0.1, -0.05) is 72.3 Å². The van der Waals surface area contributed by atoms with E-state index in [2.05, 4.69) is 15.6 Å². The van der Waals surface area contributed by atoms with Gasteiger partial charge in [-0.05, 0) is 23.8 Å². The van der Waals surface area contributed by atoms with Crippen LogP contribution in [-0.4, -0.2) is 37.4 Å². The summed E-state index contributed by atoms with van der Waals surface area (Å²) in [7, 11) is -2.29. The van der Waals surface area contributed by atoms with Gasteiger partial charge in [-0.25, -0.2) is 13.8 Å². The van der Waals surface area contributed by atoms with Crippen molar-refractivity contribution in [2.24, 2.45) is 5.10 Å². The van der Waals surface area contributed by atoms with Crippen molar-refractivity contribution in [3.8, 4) is 22.5 Å². The van der Waals surface area contributed by atoms with Crippen molar-refractivity contribution in [2.45, 2.75) is 11.4 Å². The lowest BCUT2D eigenvalue weighted by Gasteiger charge is -2.27. The van der Waals surface area contributed by atoms with E-state index in [1.165, 1.54) is 22.2 Å². The van der Waals surface area contributed by atoms with Gasteiger partial charge in [0.2, 0.25) is 0 Å². The van der Waals surface area contributed by atoms with Crippen molar-refractivity contribution < 1.29 is 13.2 Å². The number of halogens is 1. The number of hydrazone groups is 1. The van der Waals surface area contributed by atoms with Crippen LogP contribution in [0.25, 0.3) is 22.5 Å². The third kappa shape index (κ3) is 4.20. The lowest BCUT2D eigenvalue weighted by molar-refractivity contribution is -0.121. The predicted octanol–water partition coefficient (Wildman–Crippen LogP) is 4.16. The molecule has 0 fully saturated rings. The molecule has 0 unspecified atom stereocenters. The Morgan fingerprint density at radius 2 is 1.80 bits per heavy atom. The SMILES string of the molecule is CN1c2c(-c3ccccc3)nn(CC(=O)N/N=C/c3cccc(Cl)c3)c2-c2ccccc2S1(=O)=O. The molecule has 8 nitrogen and oxygen atoms in total. The second kappa shape index (κ2) is 9.01. The van der Waals surface area contributed by atoms with E-state index in [1.54, 1.807) is 42.5 Å². The highest BCUT2D eigenvalue weighted by molar-refractivity contribution is 7.93. The van der Waals surface area contributed by atoms with Crippen molar-refractivity contribution in [3.63, 3.8) is 0 Å². The first kappa shape index (κ1) is 22.8. The molecule has 0 saturated heterocycles. The third-order valence-electron chi connectivity index (χ3n) is 5.62. The molecule has 0 radical (unpaired) electrons. The Kier molecular flexibility index (Phi) is 5.88. The molecule has 1 amide bonds. The second-order valence-corrected chi connectivity index (χ2v) is 10.3. The van der Waals surface area contributed by atoms with Gasteiger partial charge in [0.15, 0.2) is 0 Å². The van der Waals surface area contributed by atoms with Crippen molar-refractivity contribution in [2.75, 3.05) is 11.4 Å². The number of hydrogen-bond acceptors (Lipinski definition) is 5. The van der Waals surface area contributed by atoms with E-state index in [9.17, 15) is 13.2 Å². The van der Waals surface area contributed by atoms with Gasteiger partial charge in [-0.15, -0.1) is 0 Å². The molecule has 2 heterocycles. The Hall–Kier alpha value is -3.95. The predicted molar refractivity (Wildman–Crippen MR) is 136 cm³/mol. The van der Waals surface area contributed by atoms with Gasteiger partial charge in [-0.3, -0.25) is 13.8 Å². The van der Waals surface area contributed by atoms with E-state index in [-0.39, 0.29) is 11.4 Å². The van der Waals surface area contributed by atoms with Crippen LogP contribution in [0.3, 0.4) is 0 Å². The van der Waals surface area contributed by atoms with E-state index in [0.717, 1.165) is 11.1 Å². The summed E-state index contributed by atoms with van der Waals surface area (Å²) in [5, 5.41) is 9.25. The van der Waals surface area contributed by atoms with E-state index >= 15 is 0 Å². The molecule has 0 spiro atoms. The van der Waals surface area contributed by atoms with Gasteiger partial charge in [0, 0.05) is 23.2 Å². The first-order valence-electron chi connectivity index (χ1n) is 10.7. The smallest absolute Gasteiger partial charge is 0.264 e. The number of nitrogens with zero attached hydrogens (tertiary/aromatic N) is 4. The van der Waals surface area contributed by atoms with Gasteiger partial charge in [0.1, 0.15) is 17.9 Å². The summed E-state index contributed by atoms with van der Waals surface area (Å²) < 4.78 is 29.3. The Labute approximate surface area is 207 Å². The quantitative estimate of drug-likeness (QED) is 0.325.